The summed E-state index contributed by atoms with van der Waals surface area (Å²) in [6.45, 7) is 9.79. The maximum atomic E-state index is 11.8. The maximum absolute atomic E-state index is 11.8. The van der Waals surface area contributed by atoms with E-state index in [1.165, 1.54) is 0 Å². The van der Waals surface area contributed by atoms with Gasteiger partial charge < -0.3 is 19.7 Å². The first-order valence-electron chi connectivity index (χ1n) is 7.99. The van der Waals surface area contributed by atoms with Gasteiger partial charge in [-0.05, 0) is 45.6 Å². The van der Waals surface area contributed by atoms with Crippen LogP contribution in [0.2, 0.25) is 0 Å². The summed E-state index contributed by atoms with van der Waals surface area (Å²) in [4.78, 5) is 11.8. The third-order valence-corrected chi connectivity index (χ3v) is 4.55. The molecule has 0 spiro atoms. The summed E-state index contributed by atoms with van der Waals surface area (Å²) in [5.41, 5.74) is 1.12. The summed E-state index contributed by atoms with van der Waals surface area (Å²) >= 11 is 0. The molecule has 1 fully saturated rings. The minimum atomic E-state index is -0.391. The van der Waals surface area contributed by atoms with E-state index in [-0.39, 0.29) is 36.2 Å². The molecule has 5 nitrogen and oxygen atoms in total. The molecule has 6 heteroatoms. The summed E-state index contributed by atoms with van der Waals surface area (Å²) in [5.74, 6) is -0.102. The molecule has 1 atom stereocenters. The molecular formula is C17H26BNO4. The van der Waals surface area contributed by atoms with E-state index >= 15 is 0 Å². The summed E-state index contributed by atoms with van der Waals surface area (Å²) < 4.78 is 12.0. The van der Waals surface area contributed by atoms with Crippen LogP contribution in [-0.4, -0.2) is 42.0 Å². The summed E-state index contributed by atoms with van der Waals surface area (Å²) in [5, 5.41) is 11.7. The first-order valence-corrected chi connectivity index (χ1v) is 7.99. The molecule has 1 aliphatic rings. The topological polar surface area (TPSA) is 67.8 Å². The Morgan fingerprint density at radius 1 is 1.17 bits per heavy atom. The fourth-order valence-corrected chi connectivity index (χ4v) is 2.33. The Morgan fingerprint density at radius 3 is 2.17 bits per heavy atom. The third-order valence-electron chi connectivity index (χ3n) is 4.55. The van der Waals surface area contributed by atoms with Gasteiger partial charge in [-0.3, -0.25) is 4.79 Å². The van der Waals surface area contributed by atoms with Gasteiger partial charge in [-0.2, -0.15) is 0 Å². The van der Waals surface area contributed by atoms with Crippen molar-refractivity contribution < 1.29 is 19.2 Å². The Labute approximate surface area is 138 Å². The molecule has 1 aliphatic heterocycles. The predicted octanol–water partition coefficient (Wildman–Crippen LogP) is 1.03. The van der Waals surface area contributed by atoms with Crippen LogP contribution in [0.25, 0.3) is 0 Å². The van der Waals surface area contributed by atoms with E-state index in [4.69, 9.17) is 14.4 Å². The molecule has 23 heavy (non-hydrogen) atoms. The van der Waals surface area contributed by atoms with Crippen molar-refractivity contribution in [1.29, 1.82) is 0 Å². The molecule has 2 N–H and O–H groups in total. The van der Waals surface area contributed by atoms with Crippen LogP contribution in [-0.2, 0) is 20.5 Å². The average Bonchev–Trinajstić information content (AvgIpc) is 2.68. The molecule has 2 rings (SSSR count). The normalized spacial score (nSPS) is 20.3. The second-order valence-electron chi connectivity index (χ2n) is 7.16. The maximum Gasteiger partial charge on any atom is 0.494 e. The van der Waals surface area contributed by atoms with Crippen molar-refractivity contribution in [2.24, 2.45) is 0 Å². The van der Waals surface area contributed by atoms with Crippen LogP contribution < -0.4 is 10.8 Å². The minimum Gasteiger partial charge on any atom is -0.399 e. The lowest BCUT2D eigenvalue weighted by Gasteiger charge is -2.32. The Kier molecular flexibility index (Phi) is 5.18. The van der Waals surface area contributed by atoms with Crippen LogP contribution in [0.5, 0.6) is 0 Å². The first-order chi connectivity index (χ1) is 10.6. The van der Waals surface area contributed by atoms with Gasteiger partial charge in [0.25, 0.3) is 0 Å². The molecular weight excluding hydrogens is 293 g/mol. The van der Waals surface area contributed by atoms with Crippen LogP contribution in [0.15, 0.2) is 24.3 Å². The van der Waals surface area contributed by atoms with Crippen LogP contribution in [0.3, 0.4) is 0 Å². The highest BCUT2D eigenvalue weighted by Crippen LogP contribution is 2.36. The number of aliphatic hydroxyl groups is 1. The quantitative estimate of drug-likeness (QED) is 0.796. The highest BCUT2D eigenvalue weighted by molar-refractivity contribution is 6.62. The van der Waals surface area contributed by atoms with Crippen molar-refractivity contribution in [2.45, 2.75) is 58.3 Å². The highest BCUT2D eigenvalue weighted by Gasteiger charge is 2.51. The zero-order chi connectivity index (χ0) is 17.3. The number of benzene rings is 1. The molecule has 126 valence electrons. The first kappa shape index (κ1) is 18.0. The zero-order valence-electron chi connectivity index (χ0n) is 14.6. The van der Waals surface area contributed by atoms with Gasteiger partial charge in [0, 0.05) is 6.04 Å². The van der Waals surface area contributed by atoms with Gasteiger partial charge in [0.15, 0.2) is 0 Å². The van der Waals surface area contributed by atoms with Gasteiger partial charge >= 0.3 is 7.12 Å². The zero-order valence-corrected chi connectivity index (χ0v) is 14.6. The fraction of sp³-hybridized carbons (Fsp3) is 0.588. The summed E-state index contributed by atoms with van der Waals surface area (Å²) in [7, 11) is -0.391. The Bertz CT molecular complexity index is 540. The smallest absolute Gasteiger partial charge is 0.399 e. The molecule has 1 saturated heterocycles. The molecule has 1 aromatic rings. The number of hydrogen-bond acceptors (Lipinski definition) is 4. The monoisotopic (exact) mass is 319 g/mol. The van der Waals surface area contributed by atoms with E-state index in [0.29, 0.717) is 0 Å². The van der Waals surface area contributed by atoms with Crippen molar-refractivity contribution >= 4 is 18.5 Å². The molecule has 0 bridgehead atoms. The number of hydrogen-bond donors (Lipinski definition) is 2. The molecule has 0 unspecified atom stereocenters. The molecule has 1 aromatic carbocycles. The minimum absolute atomic E-state index is 0.0629. The van der Waals surface area contributed by atoms with Gasteiger partial charge in [-0.15, -0.1) is 0 Å². The molecule has 0 saturated carbocycles. The van der Waals surface area contributed by atoms with Crippen LogP contribution >= 0.6 is 0 Å². The molecule has 1 heterocycles. The van der Waals surface area contributed by atoms with E-state index in [2.05, 4.69) is 5.32 Å². The number of nitrogens with one attached hydrogen (secondary N) is 1. The van der Waals surface area contributed by atoms with Gasteiger partial charge in [-0.25, -0.2) is 0 Å². The molecule has 0 radical (unpaired) electrons. The second kappa shape index (κ2) is 6.63. The van der Waals surface area contributed by atoms with Gasteiger partial charge in [0.2, 0.25) is 5.91 Å². The van der Waals surface area contributed by atoms with Crippen LogP contribution in [0.4, 0.5) is 0 Å². The second-order valence-corrected chi connectivity index (χ2v) is 7.16. The van der Waals surface area contributed by atoms with E-state index in [9.17, 15) is 4.79 Å². The summed E-state index contributed by atoms with van der Waals surface area (Å²) in [6, 6.07) is 7.44. The van der Waals surface area contributed by atoms with Crippen molar-refractivity contribution in [3.63, 3.8) is 0 Å². The van der Waals surface area contributed by atoms with E-state index in [1.54, 1.807) is 6.92 Å². The SMILES string of the molecule is C[C@H](CO)NC(=O)Cc1ccc(B2OC(C)(C)C(C)(C)O2)cc1. The number of aliphatic hydroxyl groups excluding tert-OH is 1. The number of amides is 1. The lowest BCUT2D eigenvalue weighted by atomic mass is 9.79. The Morgan fingerprint density at radius 2 is 1.70 bits per heavy atom. The van der Waals surface area contributed by atoms with Gasteiger partial charge in [-0.1, -0.05) is 24.3 Å². The largest absolute Gasteiger partial charge is 0.494 e. The van der Waals surface area contributed by atoms with Crippen molar-refractivity contribution in [3.8, 4) is 0 Å². The lowest BCUT2D eigenvalue weighted by molar-refractivity contribution is -0.121. The Balaban J connectivity index is 1.99. The standard InChI is InChI=1S/C17H26BNO4/c1-12(11-20)19-15(21)10-13-6-8-14(9-7-13)18-22-16(2,3)17(4,5)23-18/h6-9,12,20H,10-11H2,1-5H3,(H,19,21)/t12-/m1/s1. The Hall–Kier alpha value is -1.37. The average molecular weight is 319 g/mol. The van der Waals surface area contributed by atoms with E-state index in [0.717, 1.165) is 11.0 Å². The fourth-order valence-electron chi connectivity index (χ4n) is 2.33. The number of carbonyl (C=O) groups excluding carboxylic acids is 1. The third kappa shape index (κ3) is 4.13. The predicted molar refractivity (Wildman–Crippen MR) is 90.6 cm³/mol. The number of carbonyl (C=O) groups is 1. The van der Waals surface area contributed by atoms with Crippen LogP contribution in [0, 0.1) is 0 Å². The van der Waals surface area contributed by atoms with Crippen molar-refractivity contribution in [1.82, 2.24) is 5.32 Å². The van der Waals surface area contributed by atoms with Gasteiger partial charge in [0.05, 0.1) is 24.2 Å². The molecule has 1 amide bonds. The lowest BCUT2D eigenvalue weighted by Crippen LogP contribution is -2.41. The van der Waals surface area contributed by atoms with E-state index < -0.39 is 7.12 Å². The van der Waals surface area contributed by atoms with Crippen molar-refractivity contribution in [2.75, 3.05) is 6.61 Å². The summed E-state index contributed by atoms with van der Waals surface area (Å²) in [6.07, 6.45) is 0.286. The number of rotatable bonds is 5. The molecule has 0 aromatic heterocycles. The van der Waals surface area contributed by atoms with Gasteiger partial charge in [0.1, 0.15) is 0 Å². The molecule has 0 aliphatic carbocycles. The highest BCUT2D eigenvalue weighted by atomic mass is 16.7. The van der Waals surface area contributed by atoms with E-state index in [1.807, 2.05) is 52.0 Å². The van der Waals surface area contributed by atoms with Crippen molar-refractivity contribution in [3.05, 3.63) is 29.8 Å². The van der Waals surface area contributed by atoms with Crippen LogP contribution in [0.1, 0.15) is 40.2 Å².